The summed E-state index contributed by atoms with van der Waals surface area (Å²) >= 11 is 0. The quantitative estimate of drug-likeness (QED) is 0.565. The zero-order valence-corrected chi connectivity index (χ0v) is 15.8. The van der Waals surface area contributed by atoms with Gasteiger partial charge in [-0.25, -0.2) is 0 Å². The highest BCUT2D eigenvalue weighted by molar-refractivity contribution is 5.47. The molecule has 0 fully saturated rings. The highest BCUT2D eigenvalue weighted by atomic mass is 14.5. The molecule has 2 heteroatoms. The van der Waals surface area contributed by atoms with Gasteiger partial charge in [0.15, 0.2) is 0 Å². The second kappa shape index (κ2) is 7.65. The highest BCUT2D eigenvalue weighted by Gasteiger charge is 2.23. The van der Waals surface area contributed by atoms with Crippen LogP contribution in [0.5, 0.6) is 0 Å². The summed E-state index contributed by atoms with van der Waals surface area (Å²) in [5.41, 5.74) is 18.6. The van der Waals surface area contributed by atoms with E-state index in [1.807, 2.05) is 24.3 Å². The summed E-state index contributed by atoms with van der Waals surface area (Å²) < 4.78 is 0. The van der Waals surface area contributed by atoms with Crippen LogP contribution >= 0.6 is 0 Å². The van der Waals surface area contributed by atoms with Gasteiger partial charge in [0.2, 0.25) is 0 Å². The van der Waals surface area contributed by atoms with Gasteiger partial charge in [-0.2, -0.15) is 0 Å². The Kier molecular flexibility index (Phi) is 5.32. The molecule has 0 aliphatic rings. The fourth-order valence-corrected chi connectivity index (χ4v) is 3.55. The smallest absolute Gasteiger partial charge is 0.0314 e. The number of anilines is 2. The first kappa shape index (κ1) is 18.1. The van der Waals surface area contributed by atoms with E-state index in [0.29, 0.717) is 11.8 Å². The molecular formula is C24H28N2. The lowest BCUT2D eigenvalue weighted by Gasteiger charge is -2.26. The van der Waals surface area contributed by atoms with Crippen LogP contribution in [0.4, 0.5) is 11.4 Å². The van der Waals surface area contributed by atoms with E-state index >= 15 is 0 Å². The Bertz CT molecular complexity index is 785. The molecule has 0 aliphatic carbocycles. The van der Waals surface area contributed by atoms with Gasteiger partial charge in [0, 0.05) is 17.3 Å². The van der Waals surface area contributed by atoms with Crippen molar-refractivity contribution in [3.8, 4) is 0 Å². The van der Waals surface area contributed by atoms with Crippen molar-refractivity contribution in [2.75, 3.05) is 11.5 Å². The Balaban J connectivity index is 2.01. The van der Waals surface area contributed by atoms with Crippen LogP contribution in [-0.2, 0) is 0 Å². The average Bonchev–Trinajstić information content (AvgIpc) is 2.65. The SMILES string of the molecule is CC(C)c1ccc(C(C)C(c2ccc(N)cc2)c2ccc(N)cc2)cc1. The Hall–Kier alpha value is -2.74. The molecule has 0 aromatic heterocycles. The maximum absolute atomic E-state index is 5.90. The summed E-state index contributed by atoms with van der Waals surface area (Å²) in [6.45, 7) is 6.75. The van der Waals surface area contributed by atoms with E-state index in [2.05, 4.69) is 69.3 Å². The van der Waals surface area contributed by atoms with Crippen LogP contribution in [-0.4, -0.2) is 0 Å². The minimum absolute atomic E-state index is 0.251. The monoisotopic (exact) mass is 344 g/mol. The molecule has 0 saturated carbocycles. The molecule has 0 saturated heterocycles. The minimum atomic E-state index is 0.251. The Morgan fingerprint density at radius 2 is 0.846 bits per heavy atom. The number of hydrogen-bond donors (Lipinski definition) is 2. The fraction of sp³-hybridized carbons (Fsp3) is 0.250. The zero-order chi connectivity index (χ0) is 18.7. The first-order chi connectivity index (χ1) is 12.5. The summed E-state index contributed by atoms with van der Waals surface area (Å²) in [7, 11) is 0. The van der Waals surface area contributed by atoms with Gasteiger partial charge in [0.1, 0.15) is 0 Å². The van der Waals surface area contributed by atoms with Gasteiger partial charge in [-0.3, -0.25) is 0 Å². The van der Waals surface area contributed by atoms with E-state index in [4.69, 9.17) is 11.5 Å². The molecule has 3 rings (SSSR count). The molecule has 4 N–H and O–H groups in total. The molecule has 3 aromatic rings. The van der Waals surface area contributed by atoms with Crippen molar-refractivity contribution in [1.82, 2.24) is 0 Å². The lowest BCUT2D eigenvalue weighted by atomic mass is 9.78. The third-order valence-corrected chi connectivity index (χ3v) is 5.22. The standard InChI is InChI=1S/C24H28N2/c1-16(2)18-4-6-19(7-5-18)17(3)24(20-8-12-22(25)13-9-20)21-10-14-23(26)15-11-21/h4-17,24H,25-26H2,1-3H3. The topological polar surface area (TPSA) is 52.0 Å². The van der Waals surface area contributed by atoms with Gasteiger partial charge in [-0.1, -0.05) is 69.3 Å². The fourth-order valence-electron chi connectivity index (χ4n) is 3.55. The maximum atomic E-state index is 5.90. The molecule has 0 radical (unpaired) electrons. The molecule has 1 atom stereocenters. The van der Waals surface area contributed by atoms with Crippen molar-refractivity contribution >= 4 is 11.4 Å². The number of hydrogen-bond acceptors (Lipinski definition) is 2. The lowest BCUT2D eigenvalue weighted by Crippen LogP contribution is -2.11. The van der Waals surface area contributed by atoms with E-state index in [0.717, 1.165) is 11.4 Å². The van der Waals surface area contributed by atoms with E-state index in [1.165, 1.54) is 22.3 Å². The van der Waals surface area contributed by atoms with Crippen molar-refractivity contribution in [2.45, 2.75) is 38.5 Å². The number of benzene rings is 3. The zero-order valence-electron chi connectivity index (χ0n) is 15.8. The van der Waals surface area contributed by atoms with Crippen LogP contribution < -0.4 is 11.5 Å². The predicted molar refractivity (Wildman–Crippen MR) is 112 cm³/mol. The van der Waals surface area contributed by atoms with E-state index in [1.54, 1.807) is 0 Å². The average molecular weight is 345 g/mol. The number of nitrogens with two attached hydrogens (primary N) is 2. The van der Waals surface area contributed by atoms with Crippen molar-refractivity contribution in [3.05, 3.63) is 95.1 Å². The second-order valence-corrected chi connectivity index (χ2v) is 7.42. The van der Waals surface area contributed by atoms with E-state index < -0.39 is 0 Å². The number of rotatable bonds is 5. The third-order valence-electron chi connectivity index (χ3n) is 5.22. The van der Waals surface area contributed by atoms with Gasteiger partial charge in [-0.05, 0) is 58.4 Å². The Morgan fingerprint density at radius 1 is 0.500 bits per heavy atom. The van der Waals surface area contributed by atoms with Crippen molar-refractivity contribution in [2.24, 2.45) is 0 Å². The van der Waals surface area contributed by atoms with Gasteiger partial charge < -0.3 is 11.5 Å². The molecule has 0 aliphatic heterocycles. The third kappa shape index (κ3) is 3.91. The summed E-state index contributed by atoms with van der Waals surface area (Å²) in [6.07, 6.45) is 0. The maximum Gasteiger partial charge on any atom is 0.0314 e. The molecule has 134 valence electrons. The first-order valence-corrected chi connectivity index (χ1v) is 9.26. The van der Waals surface area contributed by atoms with Gasteiger partial charge in [-0.15, -0.1) is 0 Å². The largest absolute Gasteiger partial charge is 0.399 e. The van der Waals surface area contributed by atoms with Crippen LogP contribution in [0.2, 0.25) is 0 Å². The van der Waals surface area contributed by atoms with Gasteiger partial charge >= 0.3 is 0 Å². The molecule has 26 heavy (non-hydrogen) atoms. The van der Waals surface area contributed by atoms with Crippen LogP contribution in [0.1, 0.15) is 60.8 Å². The van der Waals surface area contributed by atoms with Crippen LogP contribution in [0.25, 0.3) is 0 Å². The molecule has 0 amide bonds. The molecular weight excluding hydrogens is 316 g/mol. The highest BCUT2D eigenvalue weighted by Crippen LogP contribution is 2.39. The Morgan fingerprint density at radius 3 is 1.23 bits per heavy atom. The van der Waals surface area contributed by atoms with Gasteiger partial charge in [0.05, 0.1) is 0 Å². The Labute approximate surface area is 156 Å². The summed E-state index contributed by atoms with van der Waals surface area (Å²) in [5, 5.41) is 0. The molecule has 0 bridgehead atoms. The summed E-state index contributed by atoms with van der Waals surface area (Å²) in [4.78, 5) is 0. The number of nitrogen functional groups attached to an aromatic ring is 2. The van der Waals surface area contributed by atoms with Crippen molar-refractivity contribution < 1.29 is 0 Å². The molecule has 1 unspecified atom stereocenters. The summed E-state index contributed by atoms with van der Waals surface area (Å²) in [6, 6.07) is 25.5. The van der Waals surface area contributed by atoms with Gasteiger partial charge in [0.25, 0.3) is 0 Å². The molecule has 0 spiro atoms. The predicted octanol–water partition coefficient (Wildman–Crippen LogP) is 5.91. The van der Waals surface area contributed by atoms with Crippen molar-refractivity contribution in [3.63, 3.8) is 0 Å². The summed E-state index contributed by atoms with van der Waals surface area (Å²) in [5.74, 6) is 1.13. The van der Waals surface area contributed by atoms with Crippen LogP contribution in [0.3, 0.4) is 0 Å². The first-order valence-electron chi connectivity index (χ1n) is 9.26. The van der Waals surface area contributed by atoms with E-state index in [-0.39, 0.29) is 5.92 Å². The molecule has 0 heterocycles. The van der Waals surface area contributed by atoms with Crippen LogP contribution in [0, 0.1) is 0 Å². The molecule has 3 aromatic carbocycles. The van der Waals surface area contributed by atoms with Crippen LogP contribution in [0.15, 0.2) is 72.8 Å². The lowest BCUT2D eigenvalue weighted by molar-refractivity contribution is 0.657. The van der Waals surface area contributed by atoms with E-state index in [9.17, 15) is 0 Å². The molecule has 2 nitrogen and oxygen atoms in total. The normalized spacial score (nSPS) is 12.5. The second-order valence-electron chi connectivity index (χ2n) is 7.42. The minimum Gasteiger partial charge on any atom is -0.399 e. The van der Waals surface area contributed by atoms with Crippen molar-refractivity contribution in [1.29, 1.82) is 0 Å².